The predicted molar refractivity (Wildman–Crippen MR) is 87.6 cm³/mol. The van der Waals surface area contributed by atoms with E-state index in [-0.39, 0.29) is 18.1 Å². The van der Waals surface area contributed by atoms with E-state index in [1.807, 2.05) is 28.6 Å². The zero-order valence-electron chi connectivity index (χ0n) is 13.1. The molecular weight excluding hydrogens is 296 g/mol. The number of hydrogen-bond donors (Lipinski definition) is 3. The van der Waals surface area contributed by atoms with E-state index >= 15 is 0 Å². The van der Waals surface area contributed by atoms with E-state index in [0.29, 0.717) is 26.1 Å². The van der Waals surface area contributed by atoms with Crippen molar-refractivity contribution in [3.8, 4) is 11.5 Å². The van der Waals surface area contributed by atoms with Crippen LogP contribution >= 0.6 is 0 Å². The molecule has 0 atom stereocenters. The molecule has 0 amide bonds. The average molecular weight is 318 g/mol. The standard InChI is InChI=1S/C17H22N2O4/c1-18(8-9-20)11-14-10-16(22)17(23)12-19(14)7-6-13-2-4-15(21)5-3-13/h2-5,10,12,20-21,23H,6-9,11H2,1H3. The van der Waals surface area contributed by atoms with Crippen molar-refractivity contribution in [3.05, 3.63) is 58.0 Å². The van der Waals surface area contributed by atoms with Crippen molar-refractivity contribution >= 4 is 0 Å². The summed E-state index contributed by atoms with van der Waals surface area (Å²) in [7, 11) is 1.86. The lowest BCUT2D eigenvalue weighted by Crippen LogP contribution is -2.25. The Balaban J connectivity index is 2.16. The zero-order valence-corrected chi connectivity index (χ0v) is 13.1. The summed E-state index contributed by atoms with van der Waals surface area (Å²) in [4.78, 5) is 13.6. The van der Waals surface area contributed by atoms with Crippen LogP contribution in [0.2, 0.25) is 0 Å². The molecule has 1 aromatic heterocycles. The maximum Gasteiger partial charge on any atom is 0.223 e. The van der Waals surface area contributed by atoms with Gasteiger partial charge in [0, 0.05) is 31.4 Å². The molecule has 124 valence electrons. The summed E-state index contributed by atoms with van der Waals surface area (Å²) in [6.07, 6.45) is 2.16. The Labute approximate surface area is 134 Å². The fourth-order valence-electron chi connectivity index (χ4n) is 2.39. The van der Waals surface area contributed by atoms with Crippen molar-refractivity contribution in [2.75, 3.05) is 20.2 Å². The van der Waals surface area contributed by atoms with Gasteiger partial charge in [-0.2, -0.15) is 0 Å². The lowest BCUT2D eigenvalue weighted by molar-refractivity contribution is 0.214. The van der Waals surface area contributed by atoms with Gasteiger partial charge in [0.15, 0.2) is 5.75 Å². The van der Waals surface area contributed by atoms with Crippen molar-refractivity contribution < 1.29 is 15.3 Å². The first-order valence-electron chi connectivity index (χ1n) is 7.49. The largest absolute Gasteiger partial charge is 0.508 e. The molecule has 23 heavy (non-hydrogen) atoms. The molecule has 0 radical (unpaired) electrons. The molecule has 0 aliphatic carbocycles. The molecule has 1 aromatic carbocycles. The minimum absolute atomic E-state index is 0.0479. The highest BCUT2D eigenvalue weighted by Crippen LogP contribution is 2.13. The van der Waals surface area contributed by atoms with Gasteiger partial charge in [0.25, 0.3) is 0 Å². The van der Waals surface area contributed by atoms with Crippen LogP contribution in [0, 0.1) is 0 Å². The molecule has 3 N–H and O–H groups in total. The Morgan fingerprint density at radius 2 is 1.87 bits per heavy atom. The van der Waals surface area contributed by atoms with E-state index in [0.717, 1.165) is 11.3 Å². The van der Waals surface area contributed by atoms with Gasteiger partial charge in [0.1, 0.15) is 5.75 Å². The second kappa shape index (κ2) is 7.80. The number of pyridine rings is 1. The van der Waals surface area contributed by atoms with Crippen LogP contribution in [-0.2, 0) is 19.5 Å². The van der Waals surface area contributed by atoms with Gasteiger partial charge in [-0.05, 0) is 31.2 Å². The number of aromatic hydroxyl groups is 2. The summed E-state index contributed by atoms with van der Waals surface area (Å²) in [5, 5.41) is 28.0. The molecule has 0 bridgehead atoms. The minimum atomic E-state index is -0.404. The molecule has 0 aliphatic rings. The summed E-state index contributed by atoms with van der Waals surface area (Å²) in [5.74, 6) is -0.0506. The Hall–Kier alpha value is -2.31. The summed E-state index contributed by atoms with van der Waals surface area (Å²) >= 11 is 0. The van der Waals surface area contributed by atoms with Crippen LogP contribution in [0.5, 0.6) is 11.5 Å². The van der Waals surface area contributed by atoms with Crippen LogP contribution < -0.4 is 5.43 Å². The molecule has 0 aliphatic heterocycles. The first-order chi connectivity index (χ1) is 11.0. The van der Waals surface area contributed by atoms with Crippen LogP contribution in [0.3, 0.4) is 0 Å². The van der Waals surface area contributed by atoms with Gasteiger partial charge in [-0.15, -0.1) is 0 Å². The molecule has 0 fully saturated rings. The normalized spacial score (nSPS) is 11.1. The predicted octanol–water partition coefficient (Wildman–Crippen LogP) is 0.926. The Kier molecular flexibility index (Phi) is 5.78. The fraction of sp³-hybridized carbons (Fsp3) is 0.353. The number of aromatic nitrogens is 1. The fourth-order valence-corrected chi connectivity index (χ4v) is 2.39. The van der Waals surface area contributed by atoms with E-state index < -0.39 is 5.43 Å². The van der Waals surface area contributed by atoms with E-state index in [1.165, 1.54) is 12.3 Å². The van der Waals surface area contributed by atoms with Crippen molar-refractivity contribution in [1.29, 1.82) is 0 Å². The number of likely N-dealkylation sites (N-methyl/N-ethyl adjacent to an activating group) is 1. The number of hydrogen-bond acceptors (Lipinski definition) is 5. The number of phenols is 1. The Morgan fingerprint density at radius 3 is 2.52 bits per heavy atom. The summed E-state index contributed by atoms with van der Waals surface area (Å²) in [6.45, 7) is 1.66. The zero-order chi connectivity index (χ0) is 16.8. The third-order valence-corrected chi connectivity index (χ3v) is 3.69. The quantitative estimate of drug-likeness (QED) is 0.707. The minimum Gasteiger partial charge on any atom is -0.508 e. The van der Waals surface area contributed by atoms with Crippen LogP contribution in [0.4, 0.5) is 0 Å². The Bertz CT molecular complexity index is 695. The van der Waals surface area contributed by atoms with Crippen LogP contribution in [-0.4, -0.2) is 45.0 Å². The van der Waals surface area contributed by atoms with Gasteiger partial charge in [-0.25, -0.2) is 0 Å². The number of rotatable bonds is 7. The maximum atomic E-state index is 11.7. The first-order valence-corrected chi connectivity index (χ1v) is 7.49. The number of phenolic OH excluding ortho intramolecular Hbond substituents is 1. The van der Waals surface area contributed by atoms with Crippen LogP contribution in [0.25, 0.3) is 0 Å². The average Bonchev–Trinajstić information content (AvgIpc) is 2.51. The van der Waals surface area contributed by atoms with Gasteiger partial charge in [0.05, 0.1) is 12.8 Å². The van der Waals surface area contributed by atoms with Crippen molar-refractivity contribution in [2.24, 2.45) is 0 Å². The molecule has 0 spiro atoms. The van der Waals surface area contributed by atoms with E-state index in [2.05, 4.69) is 0 Å². The van der Waals surface area contributed by atoms with Gasteiger partial charge in [-0.3, -0.25) is 9.69 Å². The number of aliphatic hydroxyl groups excluding tert-OH is 1. The number of benzene rings is 1. The monoisotopic (exact) mass is 318 g/mol. The van der Waals surface area contributed by atoms with E-state index in [1.54, 1.807) is 12.1 Å². The Morgan fingerprint density at radius 1 is 1.17 bits per heavy atom. The summed E-state index contributed by atoms with van der Waals surface area (Å²) in [6, 6.07) is 8.38. The molecule has 2 aromatic rings. The molecule has 0 saturated heterocycles. The van der Waals surface area contributed by atoms with Crippen molar-refractivity contribution in [1.82, 2.24) is 9.47 Å². The highest BCUT2D eigenvalue weighted by molar-refractivity contribution is 5.26. The molecule has 1 heterocycles. The summed E-state index contributed by atoms with van der Waals surface area (Å²) in [5.41, 5.74) is 1.43. The first kappa shape index (κ1) is 17.1. The SMILES string of the molecule is CN(CCO)Cc1cc(=O)c(O)cn1CCc1ccc(O)cc1. The number of aryl methyl sites for hydroxylation is 2. The molecule has 6 nitrogen and oxygen atoms in total. The van der Waals surface area contributed by atoms with E-state index in [4.69, 9.17) is 5.11 Å². The van der Waals surface area contributed by atoms with Crippen LogP contribution in [0.1, 0.15) is 11.3 Å². The molecule has 2 rings (SSSR count). The van der Waals surface area contributed by atoms with Gasteiger partial charge >= 0.3 is 0 Å². The van der Waals surface area contributed by atoms with Crippen LogP contribution in [0.15, 0.2) is 41.3 Å². The number of aliphatic hydroxyl groups is 1. The van der Waals surface area contributed by atoms with Gasteiger partial charge in [0.2, 0.25) is 5.43 Å². The topological polar surface area (TPSA) is 85.9 Å². The molecular formula is C17H22N2O4. The summed E-state index contributed by atoms with van der Waals surface area (Å²) < 4.78 is 1.84. The van der Waals surface area contributed by atoms with E-state index in [9.17, 15) is 15.0 Å². The highest BCUT2D eigenvalue weighted by Gasteiger charge is 2.09. The maximum absolute atomic E-state index is 11.7. The lowest BCUT2D eigenvalue weighted by Gasteiger charge is -2.19. The second-order valence-electron chi connectivity index (χ2n) is 5.59. The van der Waals surface area contributed by atoms with Crippen molar-refractivity contribution in [2.45, 2.75) is 19.5 Å². The molecule has 0 unspecified atom stereocenters. The molecule has 0 saturated carbocycles. The van der Waals surface area contributed by atoms with Gasteiger partial charge < -0.3 is 19.9 Å². The second-order valence-corrected chi connectivity index (χ2v) is 5.59. The third kappa shape index (κ3) is 4.84. The van der Waals surface area contributed by atoms with Crippen molar-refractivity contribution in [3.63, 3.8) is 0 Å². The third-order valence-electron chi connectivity index (χ3n) is 3.69. The number of nitrogens with zero attached hydrogens (tertiary/aromatic N) is 2. The highest BCUT2D eigenvalue weighted by atomic mass is 16.3. The lowest BCUT2D eigenvalue weighted by atomic mass is 10.1. The van der Waals surface area contributed by atoms with Gasteiger partial charge in [-0.1, -0.05) is 12.1 Å². The molecule has 6 heteroatoms. The smallest absolute Gasteiger partial charge is 0.223 e.